The van der Waals surface area contributed by atoms with Crippen molar-refractivity contribution < 1.29 is 8.78 Å². The van der Waals surface area contributed by atoms with Crippen LogP contribution in [-0.4, -0.2) is 4.98 Å². The van der Waals surface area contributed by atoms with E-state index in [1.807, 2.05) is 0 Å². The molecule has 66 valence electrons. The normalized spacial score (nSPS) is 10.7. The predicted octanol–water partition coefficient (Wildman–Crippen LogP) is 1.06. The van der Waals surface area contributed by atoms with E-state index >= 15 is 0 Å². The molecule has 0 spiro atoms. The number of nitrogens with zero attached hydrogens (tertiary/aromatic N) is 1. The highest BCUT2D eigenvalue weighted by molar-refractivity contribution is 5.47. The first-order valence-electron chi connectivity index (χ1n) is 3.37. The van der Waals surface area contributed by atoms with Gasteiger partial charge in [-0.05, 0) is 6.07 Å². The summed E-state index contributed by atoms with van der Waals surface area (Å²) in [6, 6.07) is 1.36. The van der Waals surface area contributed by atoms with Crippen molar-refractivity contribution >= 4 is 5.69 Å². The lowest BCUT2D eigenvalue weighted by Gasteiger charge is -2.04. The molecule has 0 aliphatic carbocycles. The first-order valence-corrected chi connectivity index (χ1v) is 3.37. The molecular weight excluding hydrogens is 164 g/mol. The average molecular weight is 173 g/mol. The Balaban J connectivity index is 3.03. The second kappa shape index (κ2) is 3.44. The molecule has 0 atom stereocenters. The maximum absolute atomic E-state index is 12.1. The summed E-state index contributed by atoms with van der Waals surface area (Å²) in [7, 11) is 0. The van der Waals surface area contributed by atoms with Gasteiger partial charge in [0.2, 0.25) is 0 Å². The molecule has 1 aromatic heterocycles. The Bertz CT molecular complexity index is 275. The van der Waals surface area contributed by atoms with E-state index < -0.39 is 6.43 Å². The average Bonchev–Trinajstić information content (AvgIpc) is 2.03. The molecule has 0 aromatic carbocycles. The first-order chi connectivity index (χ1) is 5.65. The first kappa shape index (κ1) is 8.86. The monoisotopic (exact) mass is 173 g/mol. The number of alkyl halides is 2. The Labute approximate surface area is 68.4 Å². The van der Waals surface area contributed by atoms with Crippen LogP contribution in [0.3, 0.4) is 0 Å². The highest BCUT2D eigenvalue weighted by Gasteiger charge is 2.11. The summed E-state index contributed by atoms with van der Waals surface area (Å²) >= 11 is 0. The van der Waals surface area contributed by atoms with E-state index in [0.717, 1.165) is 6.20 Å². The van der Waals surface area contributed by atoms with Crippen molar-refractivity contribution in [3.8, 4) is 0 Å². The van der Waals surface area contributed by atoms with Crippen LogP contribution in [0, 0.1) is 0 Å². The van der Waals surface area contributed by atoms with E-state index in [1.165, 1.54) is 6.07 Å². The largest absolute Gasteiger partial charge is 0.398 e. The minimum Gasteiger partial charge on any atom is -0.398 e. The second-order valence-corrected chi connectivity index (χ2v) is 2.31. The molecule has 0 saturated carbocycles. The van der Waals surface area contributed by atoms with Gasteiger partial charge in [-0.1, -0.05) is 0 Å². The van der Waals surface area contributed by atoms with Crippen LogP contribution in [0.4, 0.5) is 14.5 Å². The SMILES string of the molecule is NCc1cc(N)c(C(F)F)cn1. The molecule has 0 fully saturated rings. The zero-order valence-corrected chi connectivity index (χ0v) is 6.30. The maximum atomic E-state index is 12.1. The molecule has 0 aliphatic rings. The molecule has 0 bridgehead atoms. The van der Waals surface area contributed by atoms with Crippen LogP contribution < -0.4 is 11.5 Å². The summed E-state index contributed by atoms with van der Waals surface area (Å²) < 4.78 is 24.2. The molecule has 5 heteroatoms. The van der Waals surface area contributed by atoms with Gasteiger partial charge >= 0.3 is 0 Å². The number of hydrogen-bond donors (Lipinski definition) is 2. The topological polar surface area (TPSA) is 64.9 Å². The standard InChI is InChI=1S/C7H9F2N3/c8-7(9)5-3-12-4(2-10)1-6(5)11/h1,3,7H,2,10H2,(H2,11,12). The van der Waals surface area contributed by atoms with E-state index in [4.69, 9.17) is 11.5 Å². The third kappa shape index (κ3) is 1.68. The van der Waals surface area contributed by atoms with Crippen LogP contribution in [0.2, 0.25) is 0 Å². The van der Waals surface area contributed by atoms with Gasteiger partial charge in [0, 0.05) is 18.4 Å². The van der Waals surface area contributed by atoms with Gasteiger partial charge < -0.3 is 11.5 Å². The number of anilines is 1. The Hall–Kier alpha value is -1.23. The lowest BCUT2D eigenvalue weighted by atomic mass is 10.2. The number of nitrogen functional groups attached to an aromatic ring is 1. The molecular formula is C7H9F2N3. The lowest BCUT2D eigenvalue weighted by Crippen LogP contribution is -2.03. The lowest BCUT2D eigenvalue weighted by molar-refractivity contribution is 0.152. The number of pyridine rings is 1. The molecule has 0 unspecified atom stereocenters. The van der Waals surface area contributed by atoms with Crippen molar-refractivity contribution in [1.29, 1.82) is 0 Å². The summed E-state index contributed by atoms with van der Waals surface area (Å²) in [5.74, 6) is 0. The second-order valence-electron chi connectivity index (χ2n) is 2.31. The van der Waals surface area contributed by atoms with Crippen molar-refractivity contribution in [1.82, 2.24) is 4.98 Å². The van der Waals surface area contributed by atoms with Crippen LogP contribution in [0.1, 0.15) is 17.7 Å². The minimum absolute atomic E-state index is 0.0421. The smallest absolute Gasteiger partial charge is 0.267 e. The van der Waals surface area contributed by atoms with Crippen LogP contribution in [-0.2, 0) is 6.54 Å². The molecule has 0 amide bonds. The van der Waals surface area contributed by atoms with Crippen molar-refractivity contribution in [2.24, 2.45) is 5.73 Å². The van der Waals surface area contributed by atoms with Crippen molar-refractivity contribution in [2.45, 2.75) is 13.0 Å². The maximum Gasteiger partial charge on any atom is 0.267 e. The minimum atomic E-state index is -2.58. The molecule has 3 nitrogen and oxygen atoms in total. The highest BCUT2D eigenvalue weighted by Crippen LogP contribution is 2.23. The molecule has 0 aliphatic heterocycles. The number of hydrogen-bond acceptors (Lipinski definition) is 3. The Morgan fingerprint density at radius 1 is 1.50 bits per heavy atom. The summed E-state index contributed by atoms with van der Waals surface area (Å²) in [6.45, 7) is 0.202. The van der Waals surface area contributed by atoms with Gasteiger partial charge in [-0.3, -0.25) is 4.98 Å². The number of nitrogens with two attached hydrogens (primary N) is 2. The Morgan fingerprint density at radius 3 is 2.58 bits per heavy atom. The quantitative estimate of drug-likeness (QED) is 0.702. The van der Waals surface area contributed by atoms with Crippen LogP contribution in [0.15, 0.2) is 12.3 Å². The third-order valence-electron chi connectivity index (χ3n) is 1.47. The van der Waals surface area contributed by atoms with Gasteiger partial charge in [0.15, 0.2) is 0 Å². The summed E-state index contributed by atoms with van der Waals surface area (Å²) in [5.41, 5.74) is 10.9. The van der Waals surface area contributed by atoms with E-state index in [-0.39, 0.29) is 17.8 Å². The van der Waals surface area contributed by atoms with Crippen molar-refractivity contribution in [3.05, 3.63) is 23.5 Å². The summed E-state index contributed by atoms with van der Waals surface area (Å²) in [4.78, 5) is 3.69. The van der Waals surface area contributed by atoms with Gasteiger partial charge in [0.05, 0.1) is 11.3 Å². The van der Waals surface area contributed by atoms with Gasteiger partial charge in [-0.2, -0.15) is 0 Å². The number of rotatable bonds is 2. The van der Waals surface area contributed by atoms with Crippen LogP contribution in [0.5, 0.6) is 0 Å². The highest BCUT2D eigenvalue weighted by atomic mass is 19.3. The molecule has 1 rings (SSSR count). The summed E-state index contributed by atoms with van der Waals surface area (Å²) in [5, 5.41) is 0. The van der Waals surface area contributed by atoms with E-state index in [0.29, 0.717) is 5.69 Å². The fourth-order valence-corrected chi connectivity index (χ4v) is 0.821. The fourth-order valence-electron chi connectivity index (χ4n) is 0.821. The van der Waals surface area contributed by atoms with E-state index in [1.54, 1.807) is 0 Å². The predicted molar refractivity (Wildman–Crippen MR) is 41.5 cm³/mol. The fraction of sp³-hybridized carbons (Fsp3) is 0.286. The van der Waals surface area contributed by atoms with Gasteiger partial charge in [0.1, 0.15) is 0 Å². The Kier molecular flexibility index (Phi) is 2.54. The molecule has 0 radical (unpaired) electrons. The third-order valence-corrected chi connectivity index (χ3v) is 1.47. The molecule has 12 heavy (non-hydrogen) atoms. The van der Waals surface area contributed by atoms with Crippen LogP contribution >= 0.6 is 0 Å². The molecule has 0 saturated heterocycles. The zero-order valence-electron chi connectivity index (χ0n) is 6.30. The van der Waals surface area contributed by atoms with Gasteiger partial charge in [0.25, 0.3) is 6.43 Å². The van der Waals surface area contributed by atoms with Crippen molar-refractivity contribution in [2.75, 3.05) is 5.73 Å². The van der Waals surface area contributed by atoms with Crippen molar-refractivity contribution in [3.63, 3.8) is 0 Å². The molecule has 1 heterocycles. The number of halogens is 2. The molecule has 1 aromatic rings. The van der Waals surface area contributed by atoms with Gasteiger partial charge in [-0.25, -0.2) is 8.78 Å². The molecule has 4 N–H and O–H groups in total. The zero-order chi connectivity index (χ0) is 9.14. The van der Waals surface area contributed by atoms with E-state index in [2.05, 4.69) is 4.98 Å². The number of aromatic nitrogens is 1. The summed E-state index contributed by atoms with van der Waals surface area (Å²) in [6.07, 6.45) is -1.52. The Morgan fingerprint density at radius 2 is 2.17 bits per heavy atom. The van der Waals surface area contributed by atoms with Gasteiger partial charge in [-0.15, -0.1) is 0 Å². The van der Waals surface area contributed by atoms with E-state index in [9.17, 15) is 8.78 Å². The van der Waals surface area contributed by atoms with Crippen LogP contribution in [0.25, 0.3) is 0 Å².